The van der Waals surface area contributed by atoms with Gasteiger partial charge in [0.2, 0.25) is 0 Å². The molecule has 5 rings (SSSR count). The van der Waals surface area contributed by atoms with E-state index in [2.05, 4.69) is 20.0 Å². The van der Waals surface area contributed by atoms with E-state index in [1.165, 1.54) is 10.6 Å². The summed E-state index contributed by atoms with van der Waals surface area (Å²) in [6.07, 6.45) is 0. The van der Waals surface area contributed by atoms with Crippen LogP contribution in [0.2, 0.25) is 5.02 Å². The molecule has 1 aliphatic heterocycles. The molecule has 0 spiro atoms. The first kappa shape index (κ1) is 20.4. The van der Waals surface area contributed by atoms with Crippen LogP contribution in [0.4, 0.5) is 0 Å². The predicted molar refractivity (Wildman–Crippen MR) is 122 cm³/mol. The molecule has 2 aromatic heterocycles. The first-order valence-corrected chi connectivity index (χ1v) is 10.8. The molecule has 0 aliphatic carbocycles. The van der Waals surface area contributed by atoms with Crippen molar-refractivity contribution in [3.63, 3.8) is 0 Å². The van der Waals surface area contributed by atoms with Crippen LogP contribution in [0, 0.1) is 0 Å². The van der Waals surface area contributed by atoms with Gasteiger partial charge in [0.1, 0.15) is 0 Å². The van der Waals surface area contributed by atoms with E-state index in [0.717, 1.165) is 5.56 Å². The van der Waals surface area contributed by atoms with Crippen LogP contribution in [-0.4, -0.2) is 61.5 Å². The number of aromatic nitrogens is 4. The van der Waals surface area contributed by atoms with Gasteiger partial charge in [0.05, 0.1) is 5.69 Å². The summed E-state index contributed by atoms with van der Waals surface area (Å²) in [6.45, 7) is 3.13. The summed E-state index contributed by atoms with van der Waals surface area (Å²) >= 11 is 6.01. The highest BCUT2D eigenvalue weighted by molar-refractivity contribution is 6.30. The summed E-state index contributed by atoms with van der Waals surface area (Å²) in [5.74, 6) is 0.927. The molecule has 1 aliphatic rings. The summed E-state index contributed by atoms with van der Waals surface area (Å²) in [7, 11) is 0. The Labute approximate surface area is 189 Å². The van der Waals surface area contributed by atoms with Crippen LogP contribution in [0.15, 0.2) is 65.5 Å². The van der Waals surface area contributed by atoms with Gasteiger partial charge >= 0.3 is 0 Å². The number of halogens is 1. The van der Waals surface area contributed by atoms with Gasteiger partial charge in [0, 0.05) is 54.9 Å². The number of rotatable bonds is 4. The van der Waals surface area contributed by atoms with Crippen LogP contribution in [0.25, 0.3) is 17.2 Å². The van der Waals surface area contributed by atoms with Gasteiger partial charge in [0.25, 0.3) is 17.2 Å². The molecule has 0 atom stereocenters. The van der Waals surface area contributed by atoms with Crippen molar-refractivity contribution >= 4 is 23.3 Å². The van der Waals surface area contributed by atoms with E-state index >= 15 is 0 Å². The number of carbonyl (C=O) groups excluding carboxylic acids is 1. The van der Waals surface area contributed by atoms with E-state index < -0.39 is 0 Å². The largest absolute Gasteiger partial charge is 0.336 e. The molecule has 4 aromatic rings. The Morgan fingerprint density at radius 3 is 2.50 bits per heavy atom. The number of H-pyrrole nitrogens is 1. The third-order valence-corrected chi connectivity index (χ3v) is 5.78. The van der Waals surface area contributed by atoms with Gasteiger partial charge in [-0.15, -0.1) is 0 Å². The van der Waals surface area contributed by atoms with E-state index in [-0.39, 0.29) is 11.5 Å². The van der Waals surface area contributed by atoms with Crippen molar-refractivity contribution in [2.24, 2.45) is 0 Å². The third kappa shape index (κ3) is 4.15. The number of hydrogen-bond acceptors (Lipinski definition) is 5. The fourth-order valence-electron chi connectivity index (χ4n) is 3.88. The van der Waals surface area contributed by atoms with Gasteiger partial charge in [-0.25, -0.2) is 4.98 Å². The fraction of sp³-hybridized carbons (Fsp3) is 0.217. The minimum atomic E-state index is -0.200. The summed E-state index contributed by atoms with van der Waals surface area (Å²) < 4.78 is 1.35. The SMILES string of the molecule is O=C(c1cccc(Cl)c1)N1CCN(Cc2cc(=O)n3[nH]c(-c4ccccc4)nc3n2)CC1. The third-order valence-electron chi connectivity index (χ3n) is 5.55. The van der Waals surface area contributed by atoms with Crippen molar-refractivity contribution in [3.05, 3.63) is 87.3 Å². The predicted octanol–water partition coefficient (Wildman–Crippen LogP) is 2.70. The Balaban J connectivity index is 1.27. The van der Waals surface area contributed by atoms with Crippen molar-refractivity contribution in [1.29, 1.82) is 0 Å². The zero-order valence-corrected chi connectivity index (χ0v) is 18.0. The molecule has 162 valence electrons. The minimum absolute atomic E-state index is 0.0186. The van der Waals surface area contributed by atoms with Crippen LogP contribution in [0.1, 0.15) is 16.1 Å². The number of aromatic amines is 1. The monoisotopic (exact) mass is 448 g/mol. The second kappa shape index (κ2) is 8.57. The number of piperazine rings is 1. The van der Waals surface area contributed by atoms with Crippen molar-refractivity contribution in [1.82, 2.24) is 29.4 Å². The minimum Gasteiger partial charge on any atom is -0.336 e. The van der Waals surface area contributed by atoms with Crippen LogP contribution in [-0.2, 0) is 6.54 Å². The lowest BCUT2D eigenvalue weighted by atomic mass is 10.2. The molecule has 1 fully saturated rings. The van der Waals surface area contributed by atoms with Crippen LogP contribution in [0.3, 0.4) is 0 Å². The number of benzene rings is 2. The second-order valence-electron chi connectivity index (χ2n) is 7.74. The molecule has 1 amide bonds. The van der Waals surface area contributed by atoms with Gasteiger partial charge in [-0.05, 0) is 18.2 Å². The van der Waals surface area contributed by atoms with Crippen molar-refractivity contribution < 1.29 is 4.79 Å². The molecule has 0 bridgehead atoms. The lowest BCUT2D eigenvalue weighted by Gasteiger charge is -2.34. The summed E-state index contributed by atoms with van der Waals surface area (Å²) in [6, 6.07) is 18.1. The molecule has 0 unspecified atom stereocenters. The summed E-state index contributed by atoms with van der Waals surface area (Å²) in [4.78, 5) is 38.4. The summed E-state index contributed by atoms with van der Waals surface area (Å²) in [5, 5.41) is 3.56. The topological polar surface area (TPSA) is 86.6 Å². The first-order valence-electron chi connectivity index (χ1n) is 10.4. The van der Waals surface area contributed by atoms with Gasteiger partial charge < -0.3 is 4.90 Å². The molecular weight excluding hydrogens is 428 g/mol. The average molecular weight is 449 g/mol. The van der Waals surface area contributed by atoms with E-state index in [1.807, 2.05) is 35.2 Å². The van der Waals surface area contributed by atoms with Crippen molar-refractivity contribution in [2.75, 3.05) is 26.2 Å². The van der Waals surface area contributed by atoms with Crippen molar-refractivity contribution in [3.8, 4) is 11.4 Å². The molecular formula is C23H21ClN6O2. The molecule has 32 heavy (non-hydrogen) atoms. The van der Waals surface area contributed by atoms with Crippen molar-refractivity contribution in [2.45, 2.75) is 6.54 Å². The van der Waals surface area contributed by atoms with E-state index in [4.69, 9.17) is 11.6 Å². The maximum Gasteiger partial charge on any atom is 0.274 e. The molecule has 1 N–H and O–H groups in total. The Kier molecular flexibility index (Phi) is 5.46. The molecule has 1 saturated heterocycles. The fourth-order valence-corrected chi connectivity index (χ4v) is 4.07. The molecule has 8 nitrogen and oxygen atoms in total. The molecule has 3 heterocycles. The normalized spacial score (nSPS) is 14.7. The Morgan fingerprint density at radius 1 is 0.969 bits per heavy atom. The number of nitrogens with zero attached hydrogens (tertiary/aromatic N) is 5. The zero-order chi connectivity index (χ0) is 22.1. The highest BCUT2D eigenvalue weighted by atomic mass is 35.5. The van der Waals surface area contributed by atoms with Gasteiger partial charge in [0.15, 0.2) is 5.82 Å². The maximum atomic E-state index is 12.7. The Morgan fingerprint density at radius 2 is 1.75 bits per heavy atom. The number of hydrogen-bond donors (Lipinski definition) is 1. The van der Waals surface area contributed by atoms with Gasteiger partial charge in [-0.1, -0.05) is 48.0 Å². The van der Waals surface area contributed by atoms with Crippen LogP contribution >= 0.6 is 11.6 Å². The van der Waals surface area contributed by atoms with E-state index in [0.29, 0.717) is 60.6 Å². The number of carbonyl (C=O) groups is 1. The Hall–Kier alpha value is -3.49. The highest BCUT2D eigenvalue weighted by Gasteiger charge is 2.23. The molecule has 0 saturated carbocycles. The maximum absolute atomic E-state index is 12.7. The van der Waals surface area contributed by atoms with Crippen LogP contribution < -0.4 is 5.56 Å². The first-order chi connectivity index (χ1) is 15.6. The highest BCUT2D eigenvalue weighted by Crippen LogP contribution is 2.16. The number of fused-ring (bicyclic) bond motifs is 1. The summed E-state index contributed by atoms with van der Waals surface area (Å²) in [5.41, 5.74) is 1.95. The van der Waals surface area contributed by atoms with Gasteiger partial charge in [-0.2, -0.15) is 9.50 Å². The van der Waals surface area contributed by atoms with Gasteiger partial charge in [-0.3, -0.25) is 19.6 Å². The smallest absolute Gasteiger partial charge is 0.274 e. The molecule has 2 aromatic carbocycles. The van der Waals surface area contributed by atoms with E-state index in [1.54, 1.807) is 24.3 Å². The Bertz CT molecular complexity index is 1330. The zero-order valence-electron chi connectivity index (χ0n) is 17.2. The lowest BCUT2D eigenvalue weighted by Crippen LogP contribution is -2.48. The number of amides is 1. The lowest BCUT2D eigenvalue weighted by molar-refractivity contribution is 0.0627. The second-order valence-corrected chi connectivity index (χ2v) is 8.17. The number of nitrogens with one attached hydrogen (secondary N) is 1. The van der Waals surface area contributed by atoms with Crippen LogP contribution in [0.5, 0.6) is 0 Å². The standard InChI is InChI=1S/C23H21ClN6O2/c24-18-8-4-7-17(13-18)22(32)29-11-9-28(10-12-29)15-19-14-20(31)30-23(25-19)26-21(27-30)16-5-2-1-3-6-16/h1-8,13-14H,9-12,15H2,(H,25,26,27). The quantitative estimate of drug-likeness (QED) is 0.518. The van der Waals surface area contributed by atoms with E-state index in [9.17, 15) is 9.59 Å². The molecule has 9 heteroatoms. The molecule has 0 radical (unpaired) electrons. The average Bonchev–Trinajstić information content (AvgIpc) is 3.25.